The molecule has 0 spiro atoms. The van der Waals surface area contributed by atoms with Crippen LogP contribution in [0.4, 0.5) is 0 Å². The maximum atomic E-state index is 5.08. The molecular weight excluding hydrogens is 106 g/mol. The Morgan fingerprint density at radius 2 is 2.12 bits per heavy atom. The van der Waals surface area contributed by atoms with Crippen LogP contribution in [-0.4, -0.2) is 33.1 Å². The lowest BCUT2D eigenvalue weighted by molar-refractivity contribution is -0.0383. The van der Waals surface area contributed by atoms with Gasteiger partial charge in [-0.1, -0.05) is 0 Å². The third kappa shape index (κ3) is 1.43. The lowest BCUT2D eigenvalue weighted by atomic mass is 10.6. The lowest BCUT2D eigenvalue weighted by Crippen LogP contribution is -2.19. The molecule has 8 heavy (non-hydrogen) atoms. The zero-order chi connectivity index (χ0) is 5.82. The van der Waals surface area contributed by atoms with Gasteiger partial charge in [-0.25, -0.2) is 5.32 Å². The van der Waals surface area contributed by atoms with E-state index in [0.717, 1.165) is 13.2 Å². The van der Waals surface area contributed by atoms with Crippen LogP contribution in [0.3, 0.4) is 0 Å². The van der Waals surface area contributed by atoms with E-state index in [1.54, 1.807) is 7.05 Å². The fourth-order valence-electron chi connectivity index (χ4n) is 0.662. The maximum absolute atomic E-state index is 5.08. The number of ether oxygens (including phenoxy) is 2. The number of nitrogens with zero attached hydrogens (tertiary/aromatic N) is 1. The Bertz CT molecular complexity index is 61.4. The molecule has 1 aliphatic rings. The third-order valence-electron chi connectivity index (χ3n) is 1.02. The molecule has 0 aliphatic carbocycles. The van der Waals surface area contributed by atoms with Crippen molar-refractivity contribution in [3.8, 4) is 0 Å². The second kappa shape index (κ2) is 3.02. The Morgan fingerprint density at radius 1 is 1.50 bits per heavy atom. The monoisotopic (exact) mass is 116 g/mol. The van der Waals surface area contributed by atoms with E-state index in [4.69, 9.17) is 9.47 Å². The predicted molar refractivity (Wildman–Crippen MR) is 28.6 cm³/mol. The second-order valence-electron chi connectivity index (χ2n) is 1.67. The van der Waals surface area contributed by atoms with Crippen molar-refractivity contribution >= 4 is 0 Å². The largest absolute Gasteiger partial charge is 0.349 e. The van der Waals surface area contributed by atoms with Gasteiger partial charge in [-0.3, -0.25) is 0 Å². The van der Waals surface area contributed by atoms with Gasteiger partial charge in [0.1, 0.15) is 0 Å². The number of rotatable bonds is 2. The summed E-state index contributed by atoms with van der Waals surface area (Å²) in [5.74, 6) is 0. The van der Waals surface area contributed by atoms with Crippen LogP contribution in [0, 0.1) is 0 Å². The summed E-state index contributed by atoms with van der Waals surface area (Å²) < 4.78 is 10.2. The van der Waals surface area contributed by atoms with Gasteiger partial charge in [0.05, 0.1) is 19.8 Å². The number of likely N-dealkylation sites (N-methyl/N-ethyl adjacent to an activating group) is 1. The van der Waals surface area contributed by atoms with Crippen molar-refractivity contribution < 1.29 is 9.47 Å². The molecular formula is C5H10NO2. The van der Waals surface area contributed by atoms with Gasteiger partial charge in [-0.2, -0.15) is 0 Å². The lowest BCUT2D eigenvalue weighted by Gasteiger charge is -2.04. The molecule has 1 rings (SSSR count). The quantitative estimate of drug-likeness (QED) is 0.491. The molecule has 3 heteroatoms. The summed E-state index contributed by atoms with van der Waals surface area (Å²) in [6.45, 7) is 2.11. The minimum absolute atomic E-state index is 0.0556. The highest BCUT2D eigenvalue weighted by Gasteiger charge is 2.13. The van der Waals surface area contributed by atoms with Crippen LogP contribution in [0.1, 0.15) is 0 Å². The minimum Gasteiger partial charge on any atom is -0.349 e. The highest BCUT2D eigenvalue weighted by atomic mass is 16.7. The topological polar surface area (TPSA) is 32.6 Å². The van der Waals surface area contributed by atoms with Crippen molar-refractivity contribution in [3.05, 3.63) is 0 Å². The molecule has 0 atom stereocenters. The number of hydrogen-bond acceptors (Lipinski definition) is 2. The Kier molecular flexibility index (Phi) is 2.27. The van der Waals surface area contributed by atoms with Crippen LogP contribution in [0.25, 0.3) is 0 Å². The summed E-state index contributed by atoms with van der Waals surface area (Å²) in [5.41, 5.74) is 0. The van der Waals surface area contributed by atoms with Crippen LogP contribution in [0.2, 0.25) is 0 Å². The van der Waals surface area contributed by atoms with Crippen LogP contribution >= 0.6 is 0 Å². The van der Waals surface area contributed by atoms with Crippen LogP contribution < -0.4 is 5.32 Å². The van der Waals surface area contributed by atoms with Crippen LogP contribution in [0.5, 0.6) is 0 Å². The van der Waals surface area contributed by atoms with E-state index in [-0.39, 0.29) is 6.29 Å². The normalized spacial score (nSPS) is 22.1. The van der Waals surface area contributed by atoms with Crippen molar-refractivity contribution in [2.45, 2.75) is 6.29 Å². The fraction of sp³-hybridized carbons (Fsp3) is 1.00. The highest BCUT2D eigenvalue weighted by molar-refractivity contribution is 4.51. The molecule has 0 aromatic carbocycles. The van der Waals surface area contributed by atoms with Gasteiger partial charge < -0.3 is 9.47 Å². The van der Waals surface area contributed by atoms with Crippen LogP contribution in [0.15, 0.2) is 0 Å². The molecule has 0 N–H and O–H groups in total. The average molecular weight is 116 g/mol. The van der Waals surface area contributed by atoms with Gasteiger partial charge in [0.25, 0.3) is 0 Å². The molecule has 0 aromatic heterocycles. The van der Waals surface area contributed by atoms with E-state index >= 15 is 0 Å². The molecule has 0 unspecified atom stereocenters. The molecule has 47 valence electrons. The average Bonchev–Trinajstić information content (AvgIpc) is 2.19. The molecule has 0 amide bonds. The fourth-order valence-corrected chi connectivity index (χ4v) is 0.662. The minimum atomic E-state index is -0.0556. The van der Waals surface area contributed by atoms with E-state index in [1.165, 1.54) is 0 Å². The standard InChI is InChI=1S/C5H10NO2/c1-6-4-5-7-2-3-8-5/h5H,2-4H2,1H3. The van der Waals surface area contributed by atoms with Gasteiger partial charge in [-0.05, 0) is 0 Å². The SMILES string of the molecule is C[N]CC1OCCO1. The molecule has 1 radical (unpaired) electrons. The molecule has 1 fully saturated rings. The first kappa shape index (κ1) is 6.01. The third-order valence-corrected chi connectivity index (χ3v) is 1.02. The number of hydrogen-bond donors (Lipinski definition) is 0. The summed E-state index contributed by atoms with van der Waals surface area (Å²) in [4.78, 5) is 0. The summed E-state index contributed by atoms with van der Waals surface area (Å²) in [6.07, 6.45) is -0.0556. The van der Waals surface area contributed by atoms with Crippen molar-refractivity contribution in [1.82, 2.24) is 5.32 Å². The predicted octanol–water partition coefficient (Wildman–Crippen LogP) is -0.407. The molecule has 1 saturated heterocycles. The highest BCUT2D eigenvalue weighted by Crippen LogP contribution is 2.00. The molecule has 3 nitrogen and oxygen atoms in total. The summed E-state index contributed by atoms with van der Waals surface area (Å²) in [6, 6.07) is 0. The Morgan fingerprint density at radius 3 is 2.62 bits per heavy atom. The second-order valence-corrected chi connectivity index (χ2v) is 1.67. The maximum Gasteiger partial charge on any atom is 0.171 e. The van der Waals surface area contributed by atoms with E-state index < -0.39 is 0 Å². The van der Waals surface area contributed by atoms with E-state index in [2.05, 4.69) is 5.32 Å². The van der Waals surface area contributed by atoms with Crippen LogP contribution in [-0.2, 0) is 9.47 Å². The smallest absolute Gasteiger partial charge is 0.171 e. The van der Waals surface area contributed by atoms with Gasteiger partial charge in [0, 0.05) is 7.05 Å². The van der Waals surface area contributed by atoms with Gasteiger partial charge in [0.2, 0.25) is 0 Å². The van der Waals surface area contributed by atoms with Crippen molar-refractivity contribution in [2.24, 2.45) is 0 Å². The summed E-state index contributed by atoms with van der Waals surface area (Å²) >= 11 is 0. The van der Waals surface area contributed by atoms with Crippen molar-refractivity contribution in [1.29, 1.82) is 0 Å². The van der Waals surface area contributed by atoms with Gasteiger partial charge in [0.15, 0.2) is 6.29 Å². The molecule has 1 heterocycles. The zero-order valence-electron chi connectivity index (χ0n) is 4.96. The van der Waals surface area contributed by atoms with Gasteiger partial charge >= 0.3 is 0 Å². The first-order chi connectivity index (χ1) is 3.93. The Labute approximate surface area is 49.0 Å². The molecule has 0 saturated carbocycles. The van der Waals surface area contributed by atoms with Gasteiger partial charge in [-0.15, -0.1) is 0 Å². The first-order valence-electron chi connectivity index (χ1n) is 2.72. The first-order valence-corrected chi connectivity index (χ1v) is 2.72. The van der Waals surface area contributed by atoms with Crippen molar-refractivity contribution in [2.75, 3.05) is 26.8 Å². The Balaban J connectivity index is 2.06. The summed E-state index contributed by atoms with van der Waals surface area (Å²) in [7, 11) is 1.76. The van der Waals surface area contributed by atoms with E-state index in [0.29, 0.717) is 6.54 Å². The molecule has 0 bridgehead atoms. The molecule has 1 aliphatic heterocycles. The zero-order valence-corrected chi connectivity index (χ0v) is 4.96. The van der Waals surface area contributed by atoms with E-state index in [1.807, 2.05) is 0 Å². The Hall–Kier alpha value is -0.120. The summed E-state index contributed by atoms with van der Waals surface area (Å²) in [5, 5.41) is 3.87. The van der Waals surface area contributed by atoms with E-state index in [9.17, 15) is 0 Å². The molecule has 0 aromatic rings. The van der Waals surface area contributed by atoms with Crippen molar-refractivity contribution in [3.63, 3.8) is 0 Å².